The number of hydrogen-bond acceptors (Lipinski definition) is 2. The minimum Gasteiger partial charge on any atom is -0.258 e. The maximum atomic E-state index is 4.97. The van der Waals surface area contributed by atoms with Crippen LogP contribution in [0.3, 0.4) is 0 Å². The molecule has 0 aliphatic heterocycles. The highest BCUT2D eigenvalue weighted by atomic mass is 14.8. The predicted octanol–water partition coefficient (Wildman–Crippen LogP) is 8.73. The molecule has 0 amide bonds. The third-order valence-electron chi connectivity index (χ3n) is 6.51. The molecule has 0 unspecified atom stereocenters. The molecule has 0 saturated heterocycles. The molecular formula is C30H44N2. The van der Waals surface area contributed by atoms with Gasteiger partial charge >= 0.3 is 0 Å². The van der Waals surface area contributed by atoms with Gasteiger partial charge in [0.25, 0.3) is 0 Å². The van der Waals surface area contributed by atoms with Gasteiger partial charge in [-0.25, -0.2) is 0 Å². The lowest BCUT2D eigenvalue weighted by molar-refractivity contribution is 0.932. The van der Waals surface area contributed by atoms with E-state index in [4.69, 9.17) is 9.98 Å². The fraction of sp³-hybridized carbons (Fsp3) is 0.533. The van der Waals surface area contributed by atoms with Gasteiger partial charge in [-0.3, -0.25) is 9.98 Å². The number of aliphatic imine (C=N–C) groups is 2. The summed E-state index contributed by atoms with van der Waals surface area (Å²) in [5, 5.41) is 0. The molecule has 2 heteroatoms. The zero-order chi connectivity index (χ0) is 23.7. The fourth-order valence-corrected chi connectivity index (χ4v) is 4.15. The minimum absolute atomic E-state index is 1.01. The largest absolute Gasteiger partial charge is 0.258 e. The quantitative estimate of drug-likeness (QED) is 0.317. The van der Waals surface area contributed by atoms with Crippen molar-refractivity contribution in [1.29, 1.82) is 0 Å². The lowest BCUT2D eigenvalue weighted by atomic mass is 9.93. The van der Waals surface area contributed by atoms with E-state index in [-0.39, 0.29) is 0 Å². The van der Waals surface area contributed by atoms with Crippen molar-refractivity contribution in [1.82, 2.24) is 0 Å². The molecule has 0 N–H and O–H groups in total. The van der Waals surface area contributed by atoms with Crippen LogP contribution in [0.15, 0.2) is 34.3 Å². The van der Waals surface area contributed by atoms with Crippen molar-refractivity contribution in [2.24, 2.45) is 9.98 Å². The Kier molecular flexibility index (Phi) is 10.4. The van der Waals surface area contributed by atoms with Crippen LogP contribution in [0, 0.1) is 0 Å². The molecule has 0 aromatic heterocycles. The van der Waals surface area contributed by atoms with E-state index in [9.17, 15) is 0 Å². The van der Waals surface area contributed by atoms with Gasteiger partial charge < -0.3 is 0 Å². The highest BCUT2D eigenvalue weighted by Gasteiger charge is 2.12. The Morgan fingerprint density at radius 3 is 1.03 bits per heavy atom. The molecule has 0 aliphatic carbocycles. The number of benzene rings is 2. The molecule has 0 fully saturated rings. The highest BCUT2D eigenvalue weighted by molar-refractivity contribution is 5.86. The normalized spacial score (nSPS) is 12.5. The van der Waals surface area contributed by atoms with Gasteiger partial charge in [0.05, 0.1) is 11.4 Å². The van der Waals surface area contributed by atoms with Crippen molar-refractivity contribution >= 4 is 22.8 Å². The molecule has 0 atom stereocenters. The Hall–Kier alpha value is -2.22. The first-order chi connectivity index (χ1) is 15.4. The van der Waals surface area contributed by atoms with Crippen LogP contribution in [0.1, 0.15) is 102 Å². The lowest BCUT2D eigenvalue weighted by Gasteiger charge is -2.15. The topological polar surface area (TPSA) is 24.7 Å². The van der Waals surface area contributed by atoms with Crippen molar-refractivity contribution in [2.45, 2.75) is 107 Å². The van der Waals surface area contributed by atoms with Gasteiger partial charge in [-0.05, 0) is 98.6 Å². The van der Waals surface area contributed by atoms with Gasteiger partial charge in [-0.1, -0.05) is 65.8 Å². The van der Waals surface area contributed by atoms with Crippen LogP contribution in [0.4, 0.5) is 11.4 Å². The standard InChI is InChI=1S/C30H44N2/c1-9-21(7)31-29-25(11-3)17-23(18-26(29)12-4)15-16-24-19-27(13-5)30(28(14-6)20-24)32-22(8)10-2/h17-20H,9-16H2,1-8H3. The van der Waals surface area contributed by atoms with E-state index in [0.717, 1.165) is 51.4 Å². The van der Waals surface area contributed by atoms with Crippen molar-refractivity contribution in [3.05, 3.63) is 57.6 Å². The summed E-state index contributed by atoms with van der Waals surface area (Å²) in [7, 11) is 0. The second-order valence-corrected chi connectivity index (χ2v) is 8.84. The molecule has 0 heterocycles. The zero-order valence-corrected chi connectivity index (χ0v) is 21.9. The minimum atomic E-state index is 1.01. The molecule has 0 radical (unpaired) electrons. The van der Waals surface area contributed by atoms with E-state index in [1.165, 1.54) is 56.2 Å². The Labute approximate surface area is 197 Å². The van der Waals surface area contributed by atoms with Crippen molar-refractivity contribution < 1.29 is 0 Å². The predicted molar refractivity (Wildman–Crippen MR) is 144 cm³/mol. The summed E-state index contributed by atoms with van der Waals surface area (Å²) in [4.78, 5) is 9.94. The average Bonchev–Trinajstić information content (AvgIpc) is 2.82. The van der Waals surface area contributed by atoms with Crippen molar-refractivity contribution in [3.8, 4) is 0 Å². The number of hydrogen-bond donors (Lipinski definition) is 0. The maximum absolute atomic E-state index is 4.97. The maximum Gasteiger partial charge on any atom is 0.0692 e. The monoisotopic (exact) mass is 432 g/mol. The molecule has 32 heavy (non-hydrogen) atoms. The summed E-state index contributed by atoms with van der Waals surface area (Å²) < 4.78 is 0. The first-order valence-corrected chi connectivity index (χ1v) is 12.8. The number of rotatable bonds is 11. The Morgan fingerprint density at radius 1 is 0.531 bits per heavy atom. The number of aryl methyl sites for hydroxylation is 6. The molecule has 0 bridgehead atoms. The summed E-state index contributed by atoms with van der Waals surface area (Å²) in [6.07, 6.45) is 8.26. The van der Waals surface area contributed by atoms with E-state index in [1.54, 1.807) is 0 Å². The zero-order valence-electron chi connectivity index (χ0n) is 21.9. The average molecular weight is 433 g/mol. The second kappa shape index (κ2) is 12.7. The van der Waals surface area contributed by atoms with Gasteiger partial charge in [0.1, 0.15) is 0 Å². The fourth-order valence-electron chi connectivity index (χ4n) is 4.15. The van der Waals surface area contributed by atoms with E-state index < -0.39 is 0 Å². The van der Waals surface area contributed by atoms with Crippen LogP contribution in [0.25, 0.3) is 0 Å². The highest BCUT2D eigenvalue weighted by Crippen LogP contribution is 2.31. The molecule has 2 nitrogen and oxygen atoms in total. The van der Waals surface area contributed by atoms with Crippen LogP contribution in [-0.4, -0.2) is 11.4 Å². The summed E-state index contributed by atoms with van der Waals surface area (Å²) >= 11 is 0. The SMILES string of the molecule is CCC(C)=Nc1c(CC)cc(CCc2cc(CC)c(N=C(C)CC)c(CC)c2)cc1CC. The third-order valence-corrected chi connectivity index (χ3v) is 6.51. The number of nitrogens with zero attached hydrogens (tertiary/aromatic N) is 2. The van der Waals surface area contributed by atoms with Crippen molar-refractivity contribution in [3.63, 3.8) is 0 Å². The van der Waals surface area contributed by atoms with Crippen LogP contribution in [0.5, 0.6) is 0 Å². The van der Waals surface area contributed by atoms with E-state index >= 15 is 0 Å². The first-order valence-electron chi connectivity index (χ1n) is 12.8. The Balaban J connectivity index is 2.37. The Morgan fingerprint density at radius 2 is 0.812 bits per heavy atom. The van der Waals surface area contributed by atoms with E-state index in [0.29, 0.717) is 0 Å². The van der Waals surface area contributed by atoms with Crippen LogP contribution >= 0.6 is 0 Å². The third kappa shape index (κ3) is 6.64. The van der Waals surface area contributed by atoms with Crippen LogP contribution in [0.2, 0.25) is 0 Å². The van der Waals surface area contributed by atoms with Gasteiger partial charge in [-0.15, -0.1) is 0 Å². The van der Waals surface area contributed by atoms with Crippen LogP contribution in [-0.2, 0) is 38.5 Å². The molecular weight excluding hydrogens is 388 g/mol. The molecule has 2 aromatic carbocycles. The summed E-state index contributed by atoms with van der Waals surface area (Å²) in [5.41, 5.74) is 13.3. The van der Waals surface area contributed by atoms with Crippen molar-refractivity contribution in [2.75, 3.05) is 0 Å². The summed E-state index contributed by atoms with van der Waals surface area (Å²) in [6, 6.07) is 9.58. The molecule has 0 saturated carbocycles. The molecule has 0 aliphatic rings. The summed E-state index contributed by atoms with van der Waals surface area (Å²) in [5.74, 6) is 0. The molecule has 2 aromatic rings. The Bertz CT molecular complexity index is 833. The smallest absolute Gasteiger partial charge is 0.0692 e. The summed E-state index contributed by atoms with van der Waals surface area (Å²) in [6.45, 7) is 17.6. The van der Waals surface area contributed by atoms with Gasteiger partial charge in [-0.2, -0.15) is 0 Å². The van der Waals surface area contributed by atoms with Gasteiger partial charge in [0.2, 0.25) is 0 Å². The van der Waals surface area contributed by atoms with Gasteiger partial charge in [0.15, 0.2) is 0 Å². The van der Waals surface area contributed by atoms with E-state index in [1.807, 2.05) is 0 Å². The molecule has 174 valence electrons. The van der Waals surface area contributed by atoms with Crippen LogP contribution < -0.4 is 0 Å². The molecule has 2 rings (SSSR count). The van der Waals surface area contributed by atoms with Gasteiger partial charge in [0, 0.05) is 11.4 Å². The second-order valence-electron chi connectivity index (χ2n) is 8.84. The molecule has 0 spiro atoms. The van der Waals surface area contributed by atoms with E-state index in [2.05, 4.69) is 79.7 Å². The first kappa shape index (κ1) is 26.0. The lowest BCUT2D eigenvalue weighted by Crippen LogP contribution is -2.00.